The summed E-state index contributed by atoms with van der Waals surface area (Å²) in [4.78, 5) is 20.9. The molecule has 1 atom stereocenters. The third-order valence-corrected chi connectivity index (χ3v) is 8.54. The summed E-state index contributed by atoms with van der Waals surface area (Å²) in [5.41, 5.74) is 1.96. The van der Waals surface area contributed by atoms with Crippen LogP contribution in [0.1, 0.15) is 62.1 Å². The number of piperidine rings is 1. The number of fused-ring (bicyclic) bond motifs is 2. The first kappa shape index (κ1) is 22.9. The van der Waals surface area contributed by atoms with Crippen LogP contribution in [0.4, 0.5) is 19.0 Å². The quantitative estimate of drug-likeness (QED) is 0.324. The molecule has 1 spiro atoms. The Morgan fingerprint density at radius 2 is 1.89 bits per heavy atom. The van der Waals surface area contributed by atoms with Crippen LogP contribution in [0.2, 0.25) is 0 Å². The van der Waals surface area contributed by atoms with Crippen LogP contribution in [0.3, 0.4) is 0 Å². The molecule has 37 heavy (non-hydrogen) atoms. The van der Waals surface area contributed by atoms with Gasteiger partial charge in [-0.25, -0.2) is 15.0 Å². The van der Waals surface area contributed by atoms with Crippen molar-refractivity contribution in [2.75, 3.05) is 18.4 Å². The highest BCUT2D eigenvalue weighted by Gasteiger charge is 2.50. The summed E-state index contributed by atoms with van der Waals surface area (Å²) in [6, 6.07) is 3.06. The van der Waals surface area contributed by atoms with Crippen LogP contribution in [0.15, 0.2) is 30.7 Å². The van der Waals surface area contributed by atoms with Crippen molar-refractivity contribution in [3.05, 3.63) is 42.0 Å². The molecule has 192 valence electrons. The second-order valence-electron chi connectivity index (χ2n) is 10.8. The van der Waals surface area contributed by atoms with Crippen molar-refractivity contribution in [1.29, 1.82) is 0 Å². The lowest BCUT2D eigenvalue weighted by Gasteiger charge is -2.34. The van der Waals surface area contributed by atoms with Gasteiger partial charge in [0.1, 0.15) is 17.2 Å². The molecule has 4 aromatic heterocycles. The number of alkyl halides is 3. The summed E-state index contributed by atoms with van der Waals surface area (Å²) in [5.74, 6) is 1.55. The van der Waals surface area contributed by atoms with Crippen molar-refractivity contribution in [3.8, 4) is 11.4 Å². The number of aromatic amines is 1. The zero-order valence-electron chi connectivity index (χ0n) is 20.3. The van der Waals surface area contributed by atoms with Crippen molar-refractivity contribution < 1.29 is 13.2 Å². The van der Waals surface area contributed by atoms with Gasteiger partial charge in [-0.15, -0.1) is 0 Å². The van der Waals surface area contributed by atoms with Gasteiger partial charge in [-0.3, -0.25) is 4.98 Å². The number of aromatic nitrogens is 5. The highest BCUT2D eigenvalue weighted by atomic mass is 19.4. The number of hydrogen-bond donors (Lipinski definition) is 3. The van der Waals surface area contributed by atoms with Crippen molar-refractivity contribution in [3.63, 3.8) is 0 Å². The number of halogens is 3. The van der Waals surface area contributed by atoms with Gasteiger partial charge in [0.25, 0.3) is 0 Å². The second kappa shape index (κ2) is 8.37. The molecule has 0 radical (unpaired) electrons. The summed E-state index contributed by atoms with van der Waals surface area (Å²) in [7, 11) is 0. The summed E-state index contributed by atoms with van der Waals surface area (Å²) in [6.45, 7) is 1.94. The highest BCUT2D eigenvalue weighted by molar-refractivity contribution is 5.97. The van der Waals surface area contributed by atoms with E-state index in [4.69, 9.17) is 9.97 Å². The minimum absolute atomic E-state index is 0.163. The second-order valence-corrected chi connectivity index (χ2v) is 10.8. The number of nitrogens with zero attached hydrogens (tertiary/aromatic N) is 4. The van der Waals surface area contributed by atoms with Gasteiger partial charge in [-0.2, -0.15) is 13.2 Å². The molecule has 1 saturated heterocycles. The van der Waals surface area contributed by atoms with Gasteiger partial charge in [0.05, 0.1) is 11.7 Å². The van der Waals surface area contributed by atoms with E-state index < -0.39 is 11.9 Å². The molecule has 1 unspecified atom stereocenters. The van der Waals surface area contributed by atoms with Crippen LogP contribution in [-0.2, 0) is 6.18 Å². The van der Waals surface area contributed by atoms with Crippen LogP contribution in [0.5, 0.6) is 0 Å². The molecule has 4 aromatic rings. The molecular formula is C27H28F3N7. The zero-order chi connectivity index (χ0) is 25.2. The fourth-order valence-electron chi connectivity index (χ4n) is 6.34. The fourth-order valence-corrected chi connectivity index (χ4v) is 6.34. The standard InChI is InChI=1S/C27H28F3N7/c28-27(29,30)21-11-17-16(5-10-33-23(17)36-21)24-34-19-13-32-12-18(15-3-1-2-4-15)22(19)25(37-24)35-20-6-9-31-14-26(20)7-8-26/h5,10-13,15,20,31H,1-4,6-9,14H2,(H,33,36)(H,34,35,37). The summed E-state index contributed by atoms with van der Waals surface area (Å²) in [6.07, 6.45) is 8.69. The van der Waals surface area contributed by atoms with Crippen LogP contribution >= 0.6 is 0 Å². The van der Waals surface area contributed by atoms with Gasteiger partial charge in [0.15, 0.2) is 5.82 Å². The predicted octanol–water partition coefficient (Wildman–Crippen LogP) is 5.80. The molecule has 3 aliphatic rings. The van der Waals surface area contributed by atoms with Gasteiger partial charge in [0.2, 0.25) is 0 Å². The first-order valence-corrected chi connectivity index (χ1v) is 13.1. The molecular weight excluding hydrogens is 479 g/mol. The molecule has 0 bridgehead atoms. The predicted molar refractivity (Wildman–Crippen MR) is 135 cm³/mol. The van der Waals surface area contributed by atoms with E-state index in [2.05, 4.69) is 25.6 Å². The Morgan fingerprint density at radius 1 is 1.05 bits per heavy atom. The molecule has 0 aromatic carbocycles. The maximum Gasteiger partial charge on any atom is 0.431 e. The Hall–Kier alpha value is -3.27. The van der Waals surface area contributed by atoms with E-state index in [-0.39, 0.29) is 17.1 Å². The number of hydrogen-bond acceptors (Lipinski definition) is 6. The lowest BCUT2D eigenvalue weighted by molar-refractivity contribution is -0.140. The fraction of sp³-hybridized carbons (Fsp3) is 0.481. The molecule has 2 aliphatic carbocycles. The number of rotatable bonds is 4. The maximum absolute atomic E-state index is 13.5. The molecule has 10 heteroatoms. The van der Waals surface area contributed by atoms with E-state index in [9.17, 15) is 13.2 Å². The molecule has 1 aliphatic heterocycles. The average molecular weight is 508 g/mol. The Labute approximate surface area is 211 Å². The number of anilines is 1. The lowest BCUT2D eigenvalue weighted by atomic mass is 9.89. The lowest BCUT2D eigenvalue weighted by Crippen LogP contribution is -2.45. The van der Waals surface area contributed by atoms with E-state index in [1.807, 2.05) is 6.20 Å². The minimum atomic E-state index is -4.50. The zero-order valence-corrected chi connectivity index (χ0v) is 20.3. The third kappa shape index (κ3) is 3.93. The summed E-state index contributed by atoms with van der Waals surface area (Å²) < 4.78 is 40.4. The summed E-state index contributed by atoms with van der Waals surface area (Å²) >= 11 is 0. The molecule has 5 heterocycles. The molecule has 3 fully saturated rings. The Balaban J connectivity index is 1.41. The maximum atomic E-state index is 13.5. The first-order valence-electron chi connectivity index (χ1n) is 13.1. The normalized spacial score (nSPS) is 21.8. The first-order chi connectivity index (χ1) is 17.9. The van der Waals surface area contributed by atoms with E-state index >= 15 is 0 Å². The van der Waals surface area contributed by atoms with Crippen LogP contribution < -0.4 is 10.6 Å². The number of pyridine rings is 2. The van der Waals surface area contributed by atoms with Gasteiger partial charge in [0, 0.05) is 46.7 Å². The Morgan fingerprint density at radius 3 is 2.68 bits per heavy atom. The largest absolute Gasteiger partial charge is 0.431 e. The topological polar surface area (TPSA) is 91.4 Å². The van der Waals surface area contributed by atoms with E-state index in [1.54, 1.807) is 12.3 Å². The van der Waals surface area contributed by atoms with Gasteiger partial charge in [-0.1, -0.05) is 12.8 Å². The summed E-state index contributed by atoms with van der Waals surface area (Å²) in [5, 5.41) is 8.68. The molecule has 7 nitrogen and oxygen atoms in total. The van der Waals surface area contributed by atoms with Crippen molar-refractivity contribution in [1.82, 2.24) is 30.2 Å². The number of nitrogens with one attached hydrogen (secondary N) is 3. The van der Waals surface area contributed by atoms with E-state index in [1.165, 1.54) is 37.4 Å². The van der Waals surface area contributed by atoms with Gasteiger partial charge < -0.3 is 15.6 Å². The SMILES string of the molecule is FC(F)(F)c1cc2c(-c3nc(NC4CCNCC45CC5)c4c(C5CCCC5)cncc4n3)ccnc2[nH]1. The number of H-pyrrole nitrogens is 1. The monoisotopic (exact) mass is 507 g/mol. The molecule has 2 saturated carbocycles. The van der Waals surface area contributed by atoms with Crippen LogP contribution in [0.25, 0.3) is 33.3 Å². The molecule has 3 N–H and O–H groups in total. The van der Waals surface area contributed by atoms with E-state index in [0.29, 0.717) is 28.2 Å². The smallest absolute Gasteiger partial charge is 0.366 e. The van der Waals surface area contributed by atoms with Gasteiger partial charge >= 0.3 is 6.18 Å². The van der Waals surface area contributed by atoms with E-state index in [0.717, 1.165) is 49.6 Å². The van der Waals surface area contributed by atoms with Crippen molar-refractivity contribution >= 4 is 27.8 Å². The highest BCUT2D eigenvalue weighted by Crippen LogP contribution is 2.52. The Kier molecular flexibility index (Phi) is 5.18. The Bertz CT molecular complexity index is 1480. The van der Waals surface area contributed by atoms with Crippen molar-refractivity contribution in [2.45, 2.75) is 63.1 Å². The van der Waals surface area contributed by atoms with Crippen LogP contribution in [0, 0.1) is 5.41 Å². The molecule has 7 rings (SSSR count). The minimum Gasteiger partial charge on any atom is -0.366 e. The van der Waals surface area contributed by atoms with Crippen molar-refractivity contribution in [2.24, 2.45) is 5.41 Å². The van der Waals surface area contributed by atoms with Crippen LogP contribution in [-0.4, -0.2) is 44.1 Å². The average Bonchev–Trinajstić information content (AvgIpc) is 3.28. The molecule has 0 amide bonds. The third-order valence-electron chi connectivity index (χ3n) is 8.54. The van der Waals surface area contributed by atoms with Gasteiger partial charge in [-0.05, 0) is 62.3 Å².